The molecule has 0 aromatic heterocycles. The van der Waals surface area contributed by atoms with Crippen LogP contribution in [0.1, 0.15) is 35.7 Å². The lowest BCUT2D eigenvalue weighted by atomic mass is 9.92. The van der Waals surface area contributed by atoms with E-state index in [-0.39, 0.29) is 5.92 Å². The second kappa shape index (κ2) is 6.24. The number of piperidine rings is 1. The van der Waals surface area contributed by atoms with Crippen molar-refractivity contribution >= 4 is 5.91 Å². The monoisotopic (exact) mass is 319 g/mol. The molecule has 122 valence electrons. The summed E-state index contributed by atoms with van der Waals surface area (Å²) in [5, 5.41) is 9.50. The van der Waals surface area contributed by atoms with Crippen molar-refractivity contribution in [3.8, 4) is 0 Å². The molecule has 3 nitrogen and oxygen atoms in total. The standard InChI is InChI=1S/C15H17F4NO2/c1-9(21)10-5-7-20(8-6-10)14(22)11-3-2-4-12(13(11)16)15(17,18)19/h2-4,9-10,21H,5-8H2,1H3/t9-/m1/s1. The van der Waals surface area contributed by atoms with Crippen molar-refractivity contribution < 1.29 is 27.5 Å². The predicted octanol–water partition coefficient (Wildman–Crippen LogP) is 3.08. The molecule has 1 heterocycles. The van der Waals surface area contributed by atoms with E-state index < -0.39 is 35.1 Å². The lowest BCUT2D eigenvalue weighted by molar-refractivity contribution is -0.140. The minimum Gasteiger partial charge on any atom is -0.393 e. The van der Waals surface area contributed by atoms with Gasteiger partial charge in [0.2, 0.25) is 0 Å². The fourth-order valence-corrected chi connectivity index (χ4v) is 2.67. The molecule has 1 saturated heterocycles. The third kappa shape index (κ3) is 3.40. The Morgan fingerprint density at radius 1 is 1.32 bits per heavy atom. The van der Waals surface area contributed by atoms with Gasteiger partial charge in [-0.3, -0.25) is 4.79 Å². The van der Waals surface area contributed by atoms with Crippen molar-refractivity contribution in [3.63, 3.8) is 0 Å². The molecule has 22 heavy (non-hydrogen) atoms. The second-order valence-corrected chi connectivity index (χ2v) is 5.54. The number of nitrogens with zero attached hydrogens (tertiary/aromatic N) is 1. The van der Waals surface area contributed by atoms with Crippen molar-refractivity contribution in [1.29, 1.82) is 0 Å². The van der Waals surface area contributed by atoms with Gasteiger partial charge in [-0.25, -0.2) is 4.39 Å². The van der Waals surface area contributed by atoms with Gasteiger partial charge in [0.05, 0.1) is 17.2 Å². The summed E-state index contributed by atoms with van der Waals surface area (Å²) >= 11 is 0. The quantitative estimate of drug-likeness (QED) is 0.851. The molecule has 1 aliphatic rings. The number of benzene rings is 1. The van der Waals surface area contributed by atoms with Gasteiger partial charge in [0.1, 0.15) is 5.82 Å². The van der Waals surface area contributed by atoms with E-state index in [4.69, 9.17) is 0 Å². The highest BCUT2D eigenvalue weighted by atomic mass is 19.4. The Labute approximate surface area is 125 Å². The maximum Gasteiger partial charge on any atom is 0.419 e. The minimum absolute atomic E-state index is 0.0513. The molecule has 1 aromatic rings. The highest BCUT2D eigenvalue weighted by Gasteiger charge is 2.36. The molecule has 0 spiro atoms. The van der Waals surface area contributed by atoms with Crippen LogP contribution in [0.3, 0.4) is 0 Å². The lowest BCUT2D eigenvalue weighted by Crippen LogP contribution is -2.41. The van der Waals surface area contributed by atoms with Crippen LogP contribution in [-0.4, -0.2) is 35.1 Å². The Hall–Kier alpha value is -1.63. The molecule has 1 fully saturated rings. The largest absolute Gasteiger partial charge is 0.419 e. The van der Waals surface area contributed by atoms with Gasteiger partial charge < -0.3 is 10.0 Å². The van der Waals surface area contributed by atoms with Gasteiger partial charge in [0.25, 0.3) is 5.91 Å². The van der Waals surface area contributed by atoms with Crippen molar-refractivity contribution in [3.05, 3.63) is 35.1 Å². The Balaban J connectivity index is 2.18. The van der Waals surface area contributed by atoms with E-state index in [1.54, 1.807) is 6.92 Å². The van der Waals surface area contributed by atoms with Gasteiger partial charge in [-0.1, -0.05) is 6.07 Å². The summed E-state index contributed by atoms with van der Waals surface area (Å²) in [6.07, 6.45) is -4.24. The van der Waals surface area contributed by atoms with E-state index in [1.807, 2.05) is 0 Å². The number of aliphatic hydroxyl groups is 1. The molecule has 1 aromatic carbocycles. The van der Waals surface area contributed by atoms with Crippen molar-refractivity contribution in [1.82, 2.24) is 4.90 Å². The maximum absolute atomic E-state index is 14.0. The van der Waals surface area contributed by atoms with Crippen LogP contribution >= 0.6 is 0 Å². The topological polar surface area (TPSA) is 40.5 Å². The average molecular weight is 319 g/mol. The molecule has 0 radical (unpaired) electrons. The maximum atomic E-state index is 14.0. The number of rotatable bonds is 2. The van der Waals surface area contributed by atoms with Crippen LogP contribution in [0.15, 0.2) is 18.2 Å². The fourth-order valence-electron chi connectivity index (χ4n) is 2.67. The van der Waals surface area contributed by atoms with Crippen LogP contribution in [0.4, 0.5) is 17.6 Å². The first-order chi connectivity index (χ1) is 10.2. The van der Waals surface area contributed by atoms with Crippen LogP contribution in [0.5, 0.6) is 0 Å². The zero-order chi connectivity index (χ0) is 16.5. The van der Waals surface area contributed by atoms with E-state index in [9.17, 15) is 27.5 Å². The SMILES string of the molecule is C[C@@H](O)C1CCN(C(=O)c2cccc(C(F)(F)F)c2F)CC1. The van der Waals surface area contributed by atoms with E-state index >= 15 is 0 Å². The molecule has 0 bridgehead atoms. The zero-order valence-corrected chi connectivity index (χ0v) is 12.0. The summed E-state index contributed by atoms with van der Waals surface area (Å²) in [7, 11) is 0. The lowest BCUT2D eigenvalue weighted by Gasteiger charge is -2.33. The van der Waals surface area contributed by atoms with Crippen LogP contribution < -0.4 is 0 Å². The summed E-state index contributed by atoms with van der Waals surface area (Å²) in [5.74, 6) is -2.22. The van der Waals surface area contributed by atoms with Gasteiger partial charge in [0.15, 0.2) is 0 Å². The summed E-state index contributed by atoms with van der Waals surface area (Å²) in [6.45, 7) is 2.25. The molecular formula is C15H17F4NO2. The Bertz CT molecular complexity index is 549. The van der Waals surface area contributed by atoms with Crippen LogP contribution in [-0.2, 0) is 6.18 Å². The molecule has 1 atom stereocenters. The number of alkyl halides is 3. The van der Waals surface area contributed by atoms with Crippen LogP contribution in [0.25, 0.3) is 0 Å². The number of hydrogen-bond donors (Lipinski definition) is 1. The number of carbonyl (C=O) groups is 1. The molecule has 7 heteroatoms. The first kappa shape index (κ1) is 16.7. The highest BCUT2D eigenvalue weighted by Crippen LogP contribution is 2.33. The Morgan fingerprint density at radius 3 is 2.41 bits per heavy atom. The van der Waals surface area contributed by atoms with E-state index in [0.29, 0.717) is 32.0 Å². The van der Waals surface area contributed by atoms with Crippen LogP contribution in [0, 0.1) is 11.7 Å². The highest BCUT2D eigenvalue weighted by molar-refractivity contribution is 5.94. The van der Waals surface area contributed by atoms with E-state index in [0.717, 1.165) is 12.1 Å². The van der Waals surface area contributed by atoms with Crippen LogP contribution in [0.2, 0.25) is 0 Å². The molecule has 1 aliphatic heterocycles. The minimum atomic E-state index is -4.83. The Morgan fingerprint density at radius 2 is 1.91 bits per heavy atom. The van der Waals surface area contributed by atoms with Crippen molar-refractivity contribution in [2.75, 3.05) is 13.1 Å². The number of carbonyl (C=O) groups excluding carboxylic acids is 1. The molecular weight excluding hydrogens is 302 g/mol. The molecule has 1 amide bonds. The van der Waals surface area contributed by atoms with E-state index in [2.05, 4.69) is 0 Å². The summed E-state index contributed by atoms with van der Waals surface area (Å²) in [6, 6.07) is 2.71. The first-order valence-electron chi connectivity index (χ1n) is 7.05. The smallest absolute Gasteiger partial charge is 0.393 e. The molecule has 0 aliphatic carbocycles. The summed E-state index contributed by atoms with van der Waals surface area (Å²) < 4.78 is 52.0. The van der Waals surface area contributed by atoms with Gasteiger partial charge in [-0.15, -0.1) is 0 Å². The third-order valence-electron chi connectivity index (χ3n) is 4.04. The second-order valence-electron chi connectivity index (χ2n) is 5.54. The fraction of sp³-hybridized carbons (Fsp3) is 0.533. The van der Waals surface area contributed by atoms with Crippen molar-refractivity contribution in [2.45, 2.75) is 32.0 Å². The average Bonchev–Trinajstić information content (AvgIpc) is 2.45. The zero-order valence-electron chi connectivity index (χ0n) is 12.0. The molecule has 1 N–H and O–H groups in total. The normalized spacial score (nSPS) is 18.4. The number of amides is 1. The predicted molar refractivity (Wildman–Crippen MR) is 71.7 cm³/mol. The molecule has 0 unspecified atom stereocenters. The van der Waals surface area contributed by atoms with Gasteiger partial charge in [-0.2, -0.15) is 13.2 Å². The van der Waals surface area contributed by atoms with Gasteiger partial charge >= 0.3 is 6.18 Å². The summed E-state index contributed by atoms with van der Waals surface area (Å²) in [5.41, 5.74) is -2.00. The molecule has 0 saturated carbocycles. The Kier molecular flexibility index (Phi) is 4.75. The summed E-state index contributed by atoms with van der Waals surface area (Å²) in [4.78, 5) is 13.6. The number of likely N-dealkylation sites (tertiary alicyclic amines) is 1. The molecule has 2 rings (SSSR count). The van der Waals surface area contributed by atoms with Crippen molar-refractivity contribution in [2.24, 2.45) is 5.92 Å². The number of aliphatic hydroxyl groups excluding tert-OH is 1. The number of hydrogen-bond acceptors (Lipinski definition) is 2. The van der Waals surface area contributed by atoms with Gasteiger partial charge in [-0.05, 0) is 37.8 Å². The number of halogens is 4. The first-order valence-corrected chi connectivity index (χ1v) is 7.05. The van der Waals surface area contributed by atoms with Gasteiger partial charge in [0, 0.05) is 13.1 Å². The third-order valence-corrected chi connectivity index (χ3v) is 4.04. The van der Waals surface area contributed by atoms with E-state index in [1.165, 1.54) is 4.90 Å².